The minimum atomic E-state index is -0.632. The summed E-state index contributed by atoms with van der Waals surface area (Å²) in [6.07, 6.45) is 0.787. The van der Waals surface area contributed by atoms with E-state index >= 15 is 0 Å². The molecule has 0 radical (unpaired) electrons. The van der Waals surface area contributed by atoms with Crippen molar-refractivity contribution in [2.75, 3.05) is 5.32 Å². The van der Waals surface area contributed by atoms with Gasteiger partial charge in [-0.15, -0.1) is 0 Å². The molecule has 0 aliphatic rings. The van der Waals surface area contributed by atoms with E-state index in [-0.39, 0.29) is 17.5 Å². The number of nitrogens with one attached hydrogen (secondary N) is 1. The number of anilines is 1. The maximum absolute atomic E-state index is 11.9. The Morgan fingerprint density at radius 1 is 1.58 bits per heavy atom. The first kappa shape index (κ1) is 15.6. The van der Waals surface area contributed by atoms with Crippen molar-refractivity contribution in [3.05, 3.63) is 32.8 Å². The zero-order valence-corrected chi connectivity index (χ0v) is 12.3. The van der Waals surface area contributed by atoms with Crippen molar-refractivity contribution in [3.63, 3.8) is 0 Å². The van der Waals surface area contributed by atoms with Gasteiger partial charge in [-0.3, -0.25) is 14.9 Å². The Hall–Kier alpha value is -1.47. The zero-order chi connectivity index (χ0) is 14.6. The van der Waals surface area contributed by atoms with E-state index < -0.39 is 11.0 Å². The van der Waals surface area contributed by atoms with E-state index in [1.54, 1.807) is 6.07 Å². The molecule has 2 atom stereocenters. The second-order valence-electron chi connectivity index (χ2n) is 4.32. The molecule has 0 aromatic heterocycles. The van der Waals surface area contributed by atoms with Gasteiger partial charge in [0.25, 0.3) is 5.69 Å². The molecule has 0 aliphatic heterocycles. The van der Waals surface area contributed by atoms with Gasteiger partial charge in [0.1, 0.15) is 0 Å². The zero-order valence-electron chi connectivity index (χ0n) is 10.7. The summed E-state index contributed by atoms with van der Waals surface area (Å²) in [4.78, 5) is 22.1. The molecule has 1 amide bonds. The third-order valence-corrected chi connectivity index (χ3v) is 3.64. The number of nitrogens with two attached hydrogens (primary N) is 1. The highest BCUT2D eigenvalue weighted by molar-refractivity contribution is 9.10. The van der Waals surface area contributed by atoms with Crippen LogP contribution < -0.4 is 11.1 Å². The van der Waals surface area contributed by atoms with Crippen molar-refractivity contribution in [3.8, 4) is 0 Å². The smallest absolute Gasteiger partial charge is 0.285 e. The largest absolute Gasteiger partial charge is 0.324 e. The Labute approximate surface area is 119 Å². The molecule has 104 valence electrons. The minimum Gasteiger partial charge on any atom is -0.324 e. The van der Waals surface area contributed by atoms with Crippen molar-refractivity contribution in [1.82, 2.24) is 0 Å². The van der Waals surface area contributed by atoms with Gasteiger partial charge in [0, 0.05) is 11.8 Å². The highest BCUT2D eigenvalue weighted by Crippen LogP contribution is 2.27. The third kappa shape index (κ3) is 4.00. The average molecular weight is 330 g/mol. The van der Waals surface area contributed by atoms with E-state index in [2.05, 4.69) is 21.2 Å². The summed E-state index contributed by atoms with van der Waals surface area (Å²) in [5, 5.41) is 13.4. The number of carbonyl (C=O) groups is 1. The van der Waals surface area contributed by atoms with E-state index in [4.69, 9.17) is 5.73 Å². The lowest BCUT2D eigenvalue weighted by Gasteiger charge is -2.17. The van der Waals surface area contributed by atoms with Crippen molar-refractivity contribution in [2.45, 2.75) is 26.3 Å². The van der Waals surface area contributed by atoms with Gasteiger partial charge in [0.2, 0.25) is 5.91 Å². The summed E-state index contributed by atoms with van der Waals surface area (Å²) in [7, 11) is 0. The molecule has 0 aliphatic carbocycles. The molecule has 1 unspecified atom stereocenters. The number of nitrogens with zero attached hydrogens (tertiary/aromatic N) is 1. The van der Waals surface area contributed by atoms with Crippen LogP contribution in [0.1, 0.15) is 20.3 Å². The number of carbonyl (C=O) groups excluding carboxylic acids is 1. The van der Waals surface area contributed by atoms with Gasteiger partial charge >= 0.3 is 0 Å². The first-order valence-corrected chi connectivity index (χ1v) is 6.66. The molecule has 7 heteroatoms. The Morgan fingerprint density at radius 2 is 2.21 bits per heavy atom. The van der Waals surface area contributed by atoms with Crippen LogP contribution in [-0.4, -0.2) is 16.9 Å². The molecule has 0 saturated carbocycles. The predicted molar refractivity (Wildman–Crippen MR) is 76.9 cm³/mol. The molecule has 0 fully saturated rings. The minimum absolute atomic E-state index is 0.0467. The maximum atomic E-state index is 11.9. The Bertz CT molecular complexity index is 493. The van der Waals surface area contributed by atoms with Crippen LogP contribution in [0.25, 0.3) is 0 Å². The molecule has 1 aromatic carbocycles. The lowest BCUT2D eigenvalue weighted by Crippen LogP contribution is -2.40. The fourth-order valence-corrected chi connectivity index (χ4v) is 1.86. The molecule has 0 bridgehead atoms. The van der Waals surface area contributed by atoms with Crippen LogP contribution in [0, 0.1) is 16.0 Å². The summed E-state index contributed by atoms with van der Waals surface area (Å²) in [6, 6.07) is 3.76. The normalized spacial score (nSPS) is 13.7. The number of hydrogen-bond donors (Lipinski definition) is 2. The quantitative estimate of drug-likeness (QED) is 0.640. The van der Waals surface area contributed by atoms with Crippen LogP contribution in [0.2, 0.25) is 0 Å². The second kappa shape index (κ2) is 6.63. The van der Waals surface area contributed by atoms with Crippen molar-refractivity contribution in [1.29, 1.82) is 0 Å². The predicted octanol–water partition coefficient (Wildman–Crippen LogP) is 2.67. The van der Waals surface area contributed by atoms with E-state index in [0.29, 0.717) is 10.2 Å². The van der Waals surface area contributed by atoms with Gasteiger partial charge in [-0.25, -0.2) is 0 Å². The molecule has 19 heavy (non-hydrogen) atoms. The highest BCUT2D eigenvalue weighted by Gasteiger charge is 2.20. The topological polar surface area (TPSA) is 98.3 Å². The van der Waals surface area contributed by atoms with Gasteiger partial charge in [0.15, 0.2) is 0 Å². The lowest BCUT2D eigenvalue weighted by molar-refractivity contribution is -0.385. The number of halogens is 1. The number of nitro benzene ring substituents is 1. The van der Waals surface area contributed by atoms with Gasteiger partial charge in [-0.05, 0) is 34.0 Å². The molecular weight excluding hydrogens is 314 g/mol. The van der Waals surface area contributed by atoms with E-state index in [1.807, 2.05) is 13.8 Å². The summed E-state index contributed by atoms with van der Waals surface area (Å²) < 4.78 is 0.363. The number of nitro groups is 1. The highest BCUT2D eigenvalue weighted by atomic mass is 79.9. The molecule has 3 N–H and O–H groups in total. The molecular formula is C12H16BrN3O3. The van der Waals surface area contributed by atoms with Crippen molar-refractivity contribution in [2.24, 2.45) is 11.7 Å². The van der Waals surface area contributed by atoms with Crippen LogP contribution >= 0.6 is 15.9 Å². The second-order valence-corrected chi connectivity index (χ2v) is 5.18. The maximum Gasteiger partial charge on any atom is 0.285 e. The average Bonchev–Trinajstić information content (AvgIpc) is 2.38. The van der Waals surface area contributed by atoms with Crippen LogP contribution in [0.15, 0.2) is 22.7 Å². The Balaban J connectivity index is 2.86. The standard InChI is InChI=1S/C12H16BrN3O3/c1-3-7(2)11(14)12(17)15-8-4-5-9(13)10(6-8)16(18)19/h4-7,11H,3,14H2,1-2H3,(H,15,17)/t7?,11-/m0/s1. The monoisotopic (exact) mass is 329 g/mol. The number of amides is 1. The number of rotatable bonds is 5. The Morgan fingerprint density at radius 3 is 2.74 bits per heavy atom. The first-order chi connectivity index (χ1) is 8.86. The molecule has 6 nitrogen and oxygen atoms in total. The van der Waals surface area contributed by atoms with E-state index in [1.165, 1.54) is 12.1 Å². The van der Waals surface area contributed by atoms with Gasteiger partial charge in [0.05, 0.1) is 15.4 Å². The molecule has 0 saturated heterocycles. The van der Waals surface area contributed by atoms with Crippen molar-refractivity contribution < 1.29 is 9.72 Å². The third-order valence-electron chi connectivity index (χ3n) is 2.97. The fourth-order valence-electron chi connectivity index (χ4n) is 1.47. The lowest BCUT2D eigenvalue weighted by atomic mass is 9.99. The van der Waals surface area contributed by atoms with Gasteiger partial charge in [-0.2, -0.15) is 0 Å². The summed E-state index contributed by atoms with van der Waals surface area (Å²) in [5.74, 6) is -0.295. The fraction of sp³-hybridized carbons (Fsp3) is 0.417. The molecule has 0 heterocycles. The first-order valence-electron chi connectivity index (χ1n) is 5.87. The van der Waals surface area contributed by atoms with Gasteiger partial charge in [-0.1, -0.05) is 20.3 Å². The van der Waals surface area contributed by atoms with Crippen LogP contribution in [0.5, 0.6) is 0 Å². The molecule has 1 rings (SSSR count). The van der Waals surface area contributed by atoms with E-state index in [0.717, 1.165) is 6.42 Å². The number of benzene rings is 1. The number of hydrogen-bond acceptors (Lipinski definition) is 4. The van der Waals surface area contributed by atoms with Gasteiger partial charge < -0.3 is 11.1 Å². The molecule has 0 spiro atoms. The van der Waals surface area contributed by atoms with Crippen LogP contribution in [0.4, 0.5) is 11.4 Å². The summed E-state index contributed by atoms with van der Waals surface area (Å²) >= 11 is 3.08. The summed E-state index contributed by atoms with van der Waals surface area (Å²) in [6.45, 7) is 3.83. The molecule has 1 aromatic rings. The Kier molecular flexibility index (Phi) is 5.44. The van der Waals surface area contributed by atoms with Crippen molar-refractivity contribution >= 4 is 33.2 Å². The SMILES string of the molecule is CCC(C)[C@H](N)C(=O)Nc1ccc(Br)c([N+](=O)[O-])c1. The van der Waals surface area contributed by atoms with Crippen LogP contribution in [0.3, 0.4) is 0 Å². The van der Waals surface area contributed by atoms with Crippen LogP contribution in [-0.2, 0) is 4.79 Å². The van der Waals surface area contributed by atoms with E-state index in [9.17, 15) is 14.9 Å². The summed E-state index contributed by atoms with van der Waals surface area (Å²) in [5.41, 5.74) is 6.05.